The fourth-order valence-corrected chi connectivity index (χ4v) is 4.08. The molecule has 9 heteroatoms. The van der Waals surface area contributed by atoms with E-state index in [0.717, 1.165) is 24.2 Å². The van der Waals surface area contributed by atoms with Crippen molar-refractivity contribution in [3.05, 3.63) is 71.5 Å². The highest BCUT2D eigenvalue weighted by Gasteiger charge is 2.32. The van der Waals surface area contributed by atoms with Crippen LogP contribution in [0.2, 0.25) is 0 Å². The first kappa shape index (κ1) is 22.6. The molecule has 4 rings (SSSR count). The second kappa shape index (κ2) is 10.4. The Balaban J connectivity index is 1.63. The maximum atomic E-state index is 13.4. The van der Waals surface area contributed by atoms with Crippen LogP contribution >= 0.6 is 11.8 Å². The zero-order valence-corrected chi connectivity index (χ0v) is 19.5. The normalized spacial score (nSPS) is 14.6. The molecular weight excluding hydrogens is 440 g/mol. The highest BCUT2D eigenvalue weighted by atomic mass is 32.2. The predicted octanol–water partition coefficient (Wildman–Crippen LogP) is 4.72. The van der Waals surface area contributed by atoms with E-state index in [4.69, 9.17) is 14.0 Å². The summed E-state index contributed by atoms with van der Waals surface area (Å²) in [7, 11) is 3.20. The van der Waals surface area contributed by atoms with E-state index in [0.29, 0.717) is 39.8 Å². The van der Waals surface area contributed by atoms with Gasteiger partial charge in [0.15, 0.2) is 11.0 Å². The maximum Gasteiger partial charge on any atom is 0.283 e. The number of ether oxygens (including phenoxy) is 2. The number of thioether (sulfide) groups is 1. The third-order valence-corrected chi connectivity index (χ3v) is 5.80. The van der Waals surface area contributed by atoms with Crippen LogP contribution in [0.1, 0.15) is 30.6 Å². The Labute approximate surface area is 196 Å². The van der Waals surface area contributed by atoms with Crippen LogP contribution in [-0.4, -0.2) is 35.4 Å². The number of aryl methyl sites for hydroxylation is 1. The lowest BCUT2D eigenvalue weighted by Gasteiger charge is -2.18. The predicted molar refractivity (Wildman–Crippen MR) is 128 cm³/mol. The zero-order chi connectivity index (χ0) is 23.2. The first-order valence-electron chi connectivity index (χ1n) is 10.5. The Kier molecular flexibility index (Phi) is 7.09. The average Bonchev–Trinajstić information content (AvgIpc) is 3.42. The number of rotatable bonds is 8. The second-order valence-corrected chi connectivity index (χ2v) is 8.12. The molecule has 0 spiro atoms. The molecule has 0 saturated carbocycles. The van der Waals surface area contributed by atoms with Crippen LogP contribution in [0, 0.1) is 0 Å². The summed E-state index contributed by atoms with van der Waals surface area (Å²) < 4.78 is 15.8. The minimum atomic E-state index is -0.221. The summed E-state index contributed by atoms with van der Waals surface area (Å²) in [6.07, 6.45) is 3.43. The number of methoxy groups -OCH3 is 2. The number of aliphatic imine (C=N–C) groups is 1. The summed E-state index contributed by atoms with van der Waals surface area (Å²) in [4.78, 5) is 24.0. The van der Waals surface area contributed by atoms with E-state index in [9.17, 15) is 4.79 Å². The Morgan fingerprint density at radius 2 is 1.88 bits per heavy atom. The molecule has 2 heterocycles. The number of carbonyl (C=O) groups excluding carboxylic acids is 1. The topological polar surface area (TPSA) is 90.1 Å². The Morgan fingerprint density at radius 3 is 2.61 bits per heavy atom. The first-order chi connectivity index (χ1) is 16.1. The molecule has 1 amide bonds. The monoisotopic (exact) mass is 464 g/mol. The lowest BCUT2D eigenvalue weighted by Crippen LogP contribution is -2.30. The second-order valence-electron chi connectivity index (χ2n) is 7.18. The molecule has 1 aliphatic rings. The van der Waals surface area contributed by atoms with Crippen molar-refractivity contribution in [1.82, 2.24) is 10.1 Å². The van der Waals surface area contributed by atoms with Crippen LogP contribution in [0.15, 0.2) is 63.7 Å². The third-order valence-electron chi connectivity index (χ3n) is 4.86. The number of amidine groups is 1. The van der Waals surface area contributed by atoms with Crippen LogP contribution in [0.5, 0.6) is 11.5 Å². The Hall–Kier alpha value is -3.59. The molecular formula is C24H24N4O4S. The number of amides is 1. The molecule has 0 atom stereocenters. The number of hydrogen-bond donors (Lipinski definition) is 0. The van der Waals surface area contributed by atoms with Crippen molar-refractivity contribution >= 4 is 34.6 Å². The summed E-state index contributed by atoms with van der Waals surface area (Å²) in [5.41, 5.74) is 1.86. The number of hydrogen-bond acceptors (Lipinski definition) is 8. The van der Waals surface area contributed by atoms with Crippen LogP contribution in [0.4, 0.5) is 5.69 Å². The minimum absolute atomic E-state index is 0.221. The van der Waals surface area contributed by atoms with E-state index in [1.165, 1.54) is 11.8 Å². The van der Waals surface area contributed by atoms with Gasteiger partial charge in [-0.05, 0) is 42.3 Å². The number of benzene rings is 2. The van der Waals surface area contributed by atoms with Crippen LogP contribution < -0.4 is 14.4 Å². The number of anilines is 1. The molecule has 0 bridgehead atoms. The fourth-order valence-electron chi connectivity index (χ4n) is 3.22. The lowest BCUT2D eigenvalue weighted by molar-refractivity contribution is -0.113. The van der Waals surface area contributed by atoms with Gasteiger partial charge in [-0.15, -0.1) is 0 Å². The molecule has 1 aliphatic heterocycles. The molecule has 8 nitrogen and oxygen atoms in total. The van der Waals surface area contributed by atoms with Gasteiger partial charge in [-0.3, -0.25) is 9.69 Å². The number of aromatic nitrogens is 2. The molecule has 0 N–H and O–H groups in total. The molecule has 170 valence electrons. The number of nitrogens with zero attached hydrogens (tertiary/aromatic N) is 4. The van der Waals surface area contributed by atoms with Gasteiger partial charge >= 0.3 is 0 Å². The lowest BCUT2D eigenvalue weighted by atomic mass is 10.2. The molecule has 3 aromatic rings. The highest BCUT2D eigenvalue weighted by molar-refractivity contribution is 8.13. The number of carbonyl (C=O) groups is 1. The highest BCUT2D eigenvalue weighted by Crippen LogP contribution is 2.32. The fraction of sp³-hybridized carbons (Fsp3) is 0.250. The van der Waals surface area contributed by atoms with Crippen molar-refractivity contribution in [3.63, 3.8) is 0 Å². The Bertz CT molecular complexity index is 1190. The van der Waals surface area contributed by atoms with E-state index >= 15 is 0 Å². The van der Waals surface area contributed by atoms with E-state index in [1.54, 1.807) is 31.3 Å². The molecule has 0 saturated heterocycles. The SMILES string of the molecule is CCCc1nc(CSC2=N/C(=C/c3ccc(OC)cc3)C(=O)N2c2cccc(OC)c2)no1. The van der Waals surface area contributed by atoms with Gasteiger partial charge < -0.3 is 14.0 Å². The van der Waals surface area contributed by atoms with E-state index in [1.807, 2.05) is 42.5 Å². The van der Waals surface area contributed by atoms with Crippen molar-refractivity contribution in [2.45, 2.75) is 25.5 Å². The van der Waals surface area contributed by atoms with Gasteiger partial charge in [-0.1, -0.05) is 42.0 Å². The largest absolute Gasteiger partial charge is 0.497 e. The molecule has 0 fully saturated rings. The van der Waals surface area contributed by atoms with Gasteiger partial charge in [-0.2, -0.15) is 4.98 Å². The molecule has 33 heavy (non-hydrogen) atoms. The summed E-state index contributed by atoms with van der Waals surface area (Å²) in [5.74, 6) is 2.78. The van der Waals surface area contributed by atoms with Gasteiger partial charge in [0.1, 0.15) is 17.2 Å². The summed E-state index contributed by atoms with van der Waals surface area (Å²) in [6.45, 7) is 2.06. The first-order valence-corrected chi connectivity index (χ1v) is 11.5. The van der Waals surface area contributed by atoms with Crippen molar-refractivity contribution in [2.75, 3.05) is 19.1 Å². The van der Waals surface area contributed by atoms with E-state index in [-0.39, 0.29) is 5.91 Å². The van der Waals surface area contributed by atoms with Crippen molar-refractivity contribution in [2.24, 2.45) is 4.99 Å². The summed E-state index contributed by atoms with van der Waals surface area (Å²) in [6, 6.07) is 14.8. The van der Waals surface area contributed by atoms with Gasteiger partial charge in [0.2, 0.25) is 5.89 Å². The van der Waals surface area contributed by atoms with Crippen molar-refractivity contribution < 1.29 is 18.8 Å². The van der Waals surface area contributed by atoms with Gasteiger partial charge in [0.05, 0.1) is 25.7 Å². The summed E-state index contributed by atoms with van der Waals surface area (Å²) in [5, 5.41) is 4.57. The summed E-state index contributed by atoms with van der Waals surface area (Å²) >= 11 is 1.38. The zero-order valence-electron chi connectivity index (χ0n) is 18.6. The van der Waals surface area contributed by atoms with Gasteiger partial charge in [0, 0.05) is 12.5 Å². The standard InChI is InChI=1S/C24H24N4O4S/c1-4-6-22-26-21(27-32-22)15-33-24-25-20(13-16-9-11-18(30-2)12-10-16)23(29)28(24)17-7-5-8-19(14-17)31-3/h5,7-14H,4,6,15H2,1-3H3/b20-13+. The van der Waals surface area contributed by atoms with Crippen molar-refractivity contribution in [1.29, 1.82) is 0 Å². The smallest absolute Gasteiger partial charge is 0.283 e. The van der Waals surface area contributed by atoms with E-state index in [2.05, 4.69) is 22.1 Å². The van der Waals surface area contributed by atoms with Crippen LogP contribution in [-0.2, 0) is 17.0 Å². The molecule has 2 aromatic carbocycles. The quantitative estimate of drug-likeness (QED) is 0.446. The maximum absolute atomic E-state index is 13.4. The van der Waals surface area contributed by atoms with Crippen LogP contribution in [0.3, 0.4) is 0 Å². The molecule has 0 radical (unpaired) electrons. The van der Waals surface area contributed by atoms with Crippen LogP contribution in [0.25, 0.3) is 6.08 Å². The van der Waals surface area contributed by atoms with Crippen molar-refractivity contribution in [3.8, 4) is 11.5 Å². The Morgan fingerprint density at radius 1 is 1.09 bits per heavy atom. The van der Waals surface area contributed by atoms with E-state index < -0.39 is 0 Å². The molecule has 0 aliphatic carbocycles. The van der Waals surface area contributed by atoms with Gasteiger partial charge in [0.25, 0.3) is 5.91 Å². The van der Waals surface area contributed by atoms with Gasteiger partial charge in [-0.25, -0.2) is 4.99 Å². The molecule has 1 aromatic heterocycles. The molecule has 0 unspecified atom stereocenters. The third kappa shape index (κ3) is 5.25. The average molecular weight is 465 g/mol. The minimum Gasteiger partial charge on any atom is -0.497 e.